The van der Waals surface area contributed by atoms with Gasteiger partial charge < -0.3 is 9.32 Å². The number of amides is 1. The maximum Gasteiger partial charge on any atom is 0.233 e. The van der Waals surface area contributed by atoms with Crippen LogP contribution in [-0.2, 0) is 16.8 Å². The van der Waals surface area contributed by atoms with Gasteiger partial charge in [-0.05, 0) is 49.6 Å². The summed E-state index contributed by atoms with van der Waals surface area (Å²) >= 11 is 0. The van der Waals surface area contributed by atoms with Gasteiger partial charge in [0.15, 0.2) is 0 Å². The summed E-state index contributed by atoms with van der Waals surface area (Å²) in [7, 11) is 1.79. The Morgan fingerprint density at radius 1 is 1.26 bits per heavy atom. The first kappa shape index (κ1) is 15.8. The van der Waals surface area contributed by atoms with Crippen LogP contribution in [0.3, 0.4) is 0 Å². The minimum Gasteiger partial charge on any atom is -0.464 e. The van der Waals surface area contributed by atoms with Gasteiger partial charge in [0.25, 0.3) is 0 Å². The van der Waals surface area contributed by atoms with Crippen LogP contribution in [0.2, 0.25) is 0 Å². The number of likely N-dealkylation sites (N-methyl/N-ethyl adjacent to an activating group) is 1. The Kier molecular flexibility index (Phi) is 4.24. The Hall–Kier alpha value is -2.10. The quantitative estimate of drug-likeness (QED) is 0.847. The van der Waals surface area contributed by atoms with E-state index in [4.69, 9.17) is 4.42 Å². The molecule has 1 saturated carbocycles. The molecule has 0 bridgehead atoms. The van der Waals surface area contributed by atoms with Crippen LogP contribution in [-0.4, -0.2) is 17.9 Å². The molecule has 3 rings (SSSR count). The summed E-state index contributed by atoms with van der Waals surface area (Å²) in [6, 6.07) is 10.3. The lowest BCUT2D eigenvalue weighted by Crippen LogP contribution is -2.43. The third-order valence-electron chi connectivity index (χ3n) is 4.78. The average molecular weight is 315 g/mol. The number of aryl methyl sites for hydroxylation is 1. The average Bonchev–Trinajstić information content (AvgIpc) is 3.16. The van der Waals surface area contributed by atoms with Crippen molar-refractivity contribution in [1.82, 2.24) is 4.90 Å². The number of carbonyl (C=O) groups excluding carboxylic acids is 1. The summed E-state index contributed by atoms with van der Waals surface area (Å²) in [6.45, 7) is 2.32. The van der Waals surface area contributed by atoms with E-state index >= 15 is 0 Å². The number of nitrogens with zero attached hydrogens (tertiary/aromatic N) is 1. The van der Waals surface area contributed by atoms with Gasteiger partial charge in [-0.15, -0.1) is 0 Å². The fourth-order valence-electron chi connectivity index (χ4n) is 3.63. The first-order valence-corrected chi connectivity index (χ1v) is 8.08. The second-order valence-electron chi connectivity index (χ2n) is 6.47. The van der Waals surface area contributed by atoms with E-state index in [1.165, 1.54) is 12.1 Å². The Labute approximate surface area is 136 Å². The summed E-state index contributed by atoms with van der Waals surface area (Å²) in [5, 5.41) is 0. The molecule has 3 nitrogen and oxygen atoms in total. The third kappa shape index (κ3) is 3.03. The van der Waals surface area contributed by atoms with Gasteiger partial charge in [-0.2, -0.15) is 0 Å². The number of hydrogen-bond donors (Lipinski definition) is 0. The highest BCUT2D eigenvalue weighted by Gasteiger charge is 2.44. The largest absolute Gasteiger partial charge is 0.464 e. The Morgan fingerprint density at radius 3 is 2.61 bits per heavy atom. The molecule has 1 aliphatic carbocycles. The Bertz CT molecular complexity index is 701. The van der Waals surface area contributed by atoms with Crippen LogP contribution in [0.5, 0.6) is 0 Å². The van der Waals surface area contributed by atoms with Crippen molar-refractivity contribution in [2.45, 2.75) is 44.6 Å². The van der Waals surface area contributed by atoms with Crippen LogP contribution in [0.1, 0.15) is 42.8 Å². The minimum atomic E-state index is -0.599. The SMILES string of the molecule is Cc1ccc(CN(C)C(=O)C2(c3cccc(F)c3)CCCC2)o1. The van der Waals surface area contributed by atoms with Crippen molar-refractivity contribution < 1.29 is 13.6 Å². The second-order valence-corrected chi connectivity index (χ2v) is 6.47. The highest BCUT2D eigenvalue weighted by atomic mass is 19.1. The number of halogens is 1. The van der Waals surface area contributed by atoms with E-state index in [2.05, 4.69) is 0 Å². The first-order valence-electron chi connectivity index (χ1n) is 8.08. The molecule has 2 aromatic rings. The van der Waals surface area contributed by atoms with E-state index < -0.39 is 5.41 Å². The van der Waals surface area contributed by atoms with Crippen LogP contribution in [0.4, 0.5) is 4.39 Å². The Balaban J connectivity index is 1.87. The van der Waals surface area contributed by atoms with Crippen molar-refractivity contribution in [2.24, 2.45) is 0 Å². The Morgan fingerprint density at radius 2 is 2.00 bits per heavy atom. The minimum absolute atomic E-state index is 0.0506. The van der Waals surface area contributed by atoms with Crippen molar-refractivity contribution in [1.29, 1.82) is 0 Å². The van der Waals surface area contributed by atoms with Gasteiger partial charge in [0, 0.05) is 7.05 Å². The zero-order chi connectivity index (χ0) is 16.4. The van der Waals surface area contributed by atoms with Crippen LogP contribution in [0.25, 0.3) is 0 Å². The molecular weight excluding hydrogens is 293 g/mol. The van der Waals surface area contributed by atoms with Crippen molar-refractivity contribution in [3.05, 3.63) is 59.3 Å². The molecule has 23 heavy (non-hydrogen) atoms. The number of hydrogen-bond acceptors (Lipinski definition) is 2. The van der Waals surface area contributed by atoms with Crippen molar-refractivity contribution in [3.8, 4) is 0 Å². The molecule has 0 atom stereocenters. The summed E-state index contributed by atoms with van der Waals surface area (Å²) in [6.07, 6.45) is 3.54. The summed E-state index contributed by atoms with van der Waals surface area (Å²) in [5.74, 6) is 1.37. The van der Waals surface area contributed by atoms with Crippen LogP contribution >= 0.6 is 0 Å². The molecule has 0 N–H and O–H groups in total. The highest BCUT2D eigenvalue weighted by Crippen LogP contribution is 2.42. The summed E-state index contributed by atoms with van der Waals surface area (Å²) in [5.41, 5.74) is 0.195. The molecule has 1 aromatic heterocycles. The molecule has 0 aliphatic heterocycles. The fourth-order valence-corrected chi connectivity index (χ4v) is 3.63. The lowest BCUT2D eigenvalue weighted by Gasteiger charge is -2.32. The van der Waals surface area contributed by atoms with Crippen molar-refractivity contribution >= 4 is 5.91 Å². The molecular formula is C19H22FNO2. The lowest BCUT2D eigenvalue weighted by molar-refractivity contribution is -0.136. The summed E-state index contributed by atoms with van der Waals surface area (Å²) < 4.78 is 19.2. The van der Waals surface area contributed by atoms with E-state index in [1.807, 2.05) is 25.1 Å². The number of furan rings is 1. The monoisotopic (exact) mass is 315 g/mol. The maximum atomic E-state index is 13.7. The molecule has 0 spiro atoms. The predicted octanol–water partition coefficient (Wildman–Crippen LogP) is 4.20. The maximum absolute atomic E-state index is 13.7. The number of benzene rings is 1. The van der Waals surface area contributed by atoms with Gasteiger partial charge >= 0.3 is 0 Å². The topological polar surface area (TPSA) is 33.5 Å². The highest BCUT2D eigenvalue weighted by molar-refractivity contribution is 5.88. The third-order valence-corrected chi connectivity index (χ3v) is 4.78. The normalized spacial score (nSPS) is 16.5. The van der Waals surface area contributed by atoms with Crippen LogP contribution in [0, 0.1) is 12.7 Å². The molecule has 1 fully saturated rings. The van der Waals surface area contributed by atoms with Gasteiger partial charge in [-0.1, -0.05) is 25.0 Å². The van der Waals surface area contributed by atoms with Gasteiger partial charge in [0.1, 0.15) is 17.3 Å². The van der Waals surface area contributed by atoms with Gasteiger partial charge in [-0.25, -0.2) is 4.39 Å². The first-order chi connectivity index (χ1) is 11.0. The van der Waals surface area contributed by atoms with E-state index in [-0.39, 0.29) is 11.7 Å². The van der Waals surface area contributed by atoms with Crippen molar-refractivity contribution in [3.63, 3.8) is 0 Å². The molecule has 0 unspecified atom stereocenters. The van der Waals surface area contributed by atoms with Crippen LogP contribution in [0.15, 0.2) is 40.8 Å². The standard InChI is InChI=1S/C19H22FNO2/c1-14-8-9-17(23-14)13-21(2)18(22)19(10-3-4-11-19)15-6-5-7-16(20)12-15/h5-9,12H,3-4,10-11,13H2,1-2H3. The van der Waals surface area contributed by atoms with E-state index in [0.29, 0.717) is 6.54 Å². The smallest absolute Gasteiger partial charge is 0.233 e. The predicted molar refractivity (Wildman–Crippen MR) is 86.5 cm³/mol. The molecule has 1 amide bonds. The van der Waals surface area contributed by atoms with Crippen LogP contribution < -0.4 is 0 Å². The summed E-state index contributed by atoms with van der Waals surface area (Å²) in [4.78, 5) is 14.9. The van der Waals surface area contributed by atoms with E-state index in [1.54, 1.807) is 18.0 Å². The number of rotatable bonds is 4. The second kappa shape index (κ2) is 6.19. The molecule has 0 saturated heterocycles. The molecule has 4 heteroatoms. The van der Waals surface area contributed by atoms with Gasteiger partial charge in [-0.3, -0.25) is 4.79 Å². The van der Waals surface area contributed by atoms with E-state index in [9.17, 15) is 9.18 Å². The molecule has 1 aromatic carbocycles. The zero-order valence-corrected chi connectivity index (χ0v) is 13.6. The van der Waals surface area contributed by atoms with E-state index in [0.717, 1.165) is 42.8 Å². The van der Waals surface area contributed by atoms with Gasteiger partial charge in [0.2, 0.25) is 5.91 Å². The zero-order valence-electron chi connectivity index (χ0n) is 13.6. The number of carbonyl (C=O) groups is 1. The lowest BCUT2D eigenvalue weighted by atomic mass is 9.77. The molecule has 122 valence electrons. The molecule has 1 aliphatic rings. The van der Waals surface area contributed by atoms with Gasteiger partial charge in [0.05, 0.1) is 12.0 Å². The molecule has 0 radical (unpaired) electrons. The fraction of sp³-hybridized carbons (Fsp3) is 0.421. The van der Waals surface area contributed by atoms with Crippen molar-refractivity contribution in [2.75, 3.05) is 7.05 Å². The molecule has 1 heterocycles.